The number of rotatable bonds is 2. The van der Waals surface area contributed by atoms with Crippen molar-refractivity contribution in [1.29, 1.82) is 0 Å². The lowest BCUT2D eigenvalue weighted by atomic mass is 10.0. The van der Waals surface area contributed by atoms with Crippen LogP contribution >= 0.6 is 0 Å². The predicted octanol–water partition coefficient (Wildman–Crippen LogP) is 4.51. The monoisotopic (exact) mass is 218 g/mol. The first kappa shape index (κ1) is 10.8. The van der Waals surface area contributed by atoms with Gasteiger partial charge in [-0.15, -0.1) is 0 Å². The van der Waals surface area contributed by atoms with Crippen molar-refractivity contribution in [2.45, 2.75) is 12.8 Å². The molecule has 0 N–H and O–H groups in total. The fourth-order valence-electron chi connectivity index (χ4n) is 1.63. The number of benzene rings is 2. The maximum Gasteiger partial charge on any atom is 0.264 e. The van der Waals surface area contributed by atoms with Gasteiger partial charge in [-0.1, -0.05) is 48.5 Å². The summed E-state index contributed by atoms with van der Waals surface area (Å²) < 4.78 is 25.4. The van der Waals surface area contributed by atoms with Gasteiger partial charge in [0.1, 0.15) is 0 Å². The van der Waals surface area contributed by atoms with Crippen LogP contribution in [0.2, 0.25) is 0 Å². The highest BCUT2D eigenvalue weighted by molar-refractivity contribution is 5.90. The second kappa shape index (κ2) is 4.05. The lowest BCUT2D eigenvalue weighted by Gasteiger charge is -2.04. The van der Waals surface area contributed by atoms with E-state index < -0.39 is 5.92 Å². The number of allylic oxidation sites excluding steroid dienone is 1. The first-order valence-electron chi connectivity index (χ1n) is 5.11. The third-order valence-corrected chi connectivity index (χ3v) is 2.38. The highest BCUT2D eigenvalue weighted by Gasteiger charge is 2.15. The van der Waals surface area contributed by atoms with Gasteiger partial charge in [0.2, 0.25) is 0 Å². The molecule has 0 saturated carbocycles. The van der Waals surface area contributed by atoms with Gasteiger partial charge in [0.25, 0.3) is 5.92 Å². The maximum absolute atomic E-state index is 12.7. The van der Waals surface area contributed by atoms with Gasteiger partial charge in [-0.2, -0.15) is 0 Å². The van der Waals surface area contributed by atoms with E-state index in [2.05, 4.69) is 0 Å². The standard InChI is InChI=1S/C14H12F2/c1-14(15,16)10-9-12-7-4-6-11-5-2-3-8-13(11)12/h2-10H,1H3/b10-9+. The van der Waals surface area contributed by atoms with Crippen LogP contribution in [-0.4, -0.2) is 5.92 Å². The molecule has 0 aliphatic heterocycles. The van der Waals surface area contributed by atoms with E-state index in [1.54, 1.807) is 0 Å². The Morgan fingerprint density at radius 3 is 2.44 bits per heavy atom. The minimum atomic E-state index is -2.77. The highest BCUT2D eigenvalue weighted by atomic mass is 19.3. The Kier molecular flexibility index (Phi) is 2.73. The van der Waals surface area contributed by atoms with E-state index in [1.807, 2.05) is 42.5 Å². The first-order valence-corrected chi connectivity index (χ1v) is 5.11. The fourth-order valence-corrected chi connectivity index (χ4v) is 1.63. The van der Waals surface area contributed by atoms with Crippen LogP contribution in [0.25, 0.3) is 16.8 Å². The molecule has 16 heavy (non-hydrogen) atoms. The maximum atomic E-state index is 12.7. The number of fused-ring (bicyclic) bond motifs is 1. The Labute approximate surface area is 93.2 Å². The molecular formula is C14H12F2. The van der Waals surface area contributed by atoms with Crippen molar-refractivity contribution in [3.63, 3.8) is 0 Å². The van der Waals surface area contributed by atoms with Crippen LogP contribution in [0.15, 0.2) is 48.5 Å². The summed E-state index contributed by atoms with van der Waals surface area (Å²) in [7, 11) is 0. The molecule has 0 aliphatic carbocycles. The van der Waals surface area contributed by atoms with E-state index in [-0.39, 0.29) is 0 Å². The van der Waals surface area contributed by atoms with Crippen molar-refractivity contribution >= 4 is 16.8 Å². The second-order valence-electron chi connectivity index (χ2n) is 3.86. The minimum absolute atomic E-state index is 0.819. The first-order chi connectivity index (χ1) is 7.56. The number of hydrogen-bond donors (Lipinski definition) is 0. The smallest absolute Gasteiger partial charge is 0.202 e. The van der Waals surface area contributed by atoms with Gasteiger partial charge in [0.15, 0.2) is 0 Å². The summed E-state index contributed by atoms with van der Waals surface area (Å²) in [6.45, 7) is 0.884. The number of halogens is 2. The zero-order valence-electron chi connectivity index (χ0n) is 8.95. The summed E-state index contributed by atoms with van der Waals surface area (Å²) in [5, 5.41) is 2.05. The van der Waals surface area contributed by atoms with Gasteiger partial charge in [-0.05, 0) is 22.4 Å². The van der Waals surface area contributed by atoms with Gasteiger partial charge in [-0.25, -0.2) is 8.78 Å². The number of alkyl halides is 2. The van der Waals surface area contributed by atoms with E-state index in [1.165, 1.54) is 6.08 Å². The molecule has 2 aromatic rings. The molecule has 0 aliphatic rings. The largest absolute Gasteiger partial charge is 0.264 e. The van der Waals surface area contributed by atoms with Crippen LogP contribution in [-0.2, 0) is 0 Å². The van der Waals surface area contributed by atoms with E-state index in [9.17, 15) is 8.78 Å². The molecule has 2 aromatic carbocycles. The van der Waals surface area contributed by atoms with Crippen LogP contribution in [0, 0.1) is 0 Å². The molecule has 2 heteroatoms. The van der Waals surface area contributed by atoms with Gasteiger partial charge in [-0.3, -0.25) is 0 Å². The molecule has 82 valence electrons. The topological polar surface area (TPSA) is 0 Å². The van der Waals surface area contributed by atoms with Crippen molar-refractivity contribution in [2.75, 3.05) is 0 Å². The third kappa shape index (κ3) is 2.45. The summed E-state index contributed by atoms with van der Waals surface area (Å²) in [6.07, 6.45) is 2.40. The normalized spacial score (nSPS) is 12.4. The molecule has 0 heterocycles. The summed E-state index contributed by atoms with van der Waals surface area (Å²) in [6, 6.07) is 13.4. The second-order valence-corrected chi connectivity index (χ2v) is 3.86. The van der Waals surface area contributed by atoms with E-state index in [0.29, 0.717) is 0 Å². The Balaban J connectivity index is 2.49. The molecule has 0 atom stereocenters. The summed E-state index contributed by atoms with van der Waals surface area (Å²) in [5.74, 6) is -2.77. The van der Waals surface area contributed by atoms with E-state index in [0.717, 1.165) is 29.3 Å². The van der Waals surface area contributed by atoms with Gasteiger partial charge in [0.05, 0.1) is 0 Å². The molecule has 0 spiro atoms. The minimum Gasteiger partial charge on any atom is -0.202 e. The summed E-state index contributed by atoms with van der Waals surface area (Å²) >= 11 is 0. The van der Waals surface area contributed by atoms with Gasteiger partial charge >= 0.3 is 0 Å². The summed E-state index contributed by atoms with van der Waals surface area (Å²) in [4.78, 5) is 0. The zero-order chi connectivity index (χ0) is 11.6. The van der Waals surface area contributed by atoms with Gasteiger partial charge in [0, 0.05) is 6.92 Å². The molecule has 0 unspecified atom stereocenters. The molecule has 0 nitrogen and oxygen atoms in total. The molecule has 0 bridgehead atoms. The lowest BCUT2D eigenvalue weighted by molar-refractivity contribution is 0.0784. The Bertz CT molecular complexity index is 516. The summed E-state index contributed by atoms with van der Waals surface area (Å²) in [5.41, 5.74) is 0.819. The average molecular weight is 218 g/mol. The zero-order valence-corrected chi connectivity index (χ0v) is 8.95. The fraction of sp³-hybridized carbons (Fsp3) is 0.143. The van der Waals surface area contributed by atoms with Crippen LogP contribution in [0.4, 0.5) is 8.78 Å². The Hall–Kier alpha value is -1.70. The molecule has 0 amide bonds. The van der Waals surface area contributed by atoms with Crippen molar-refractivity contribution < 1.29 is 8.78 Å². The molecule has 0 radical (unpaired) electrons. The van der Waals surface area contributed by atoms with Crippen molar-refractivity contribution in [2.24, 2.45) is 0 Å². The van der Waals surface area contributed by atoms with Crippen LogP contribution < -0.4 is 0 Å². The lowest BCUT2D eigenvalue weighted by Crippen LogP contribution is -2.02. The Morgan fingerprint density at radius 1 is 1.00 bits per heavy atom. The number of hydrogen-bond acceptors (Lipinski definition) is 0. The Morgan fingerprint density at radius 2 is 1.69 bits per heavy atom. The van der Waals surface area contributed by atoms with Crippen molar-refractivity contribution in [3.8, 4) is 0 Å². The molecule has 0 fully saturated rings. The highest BCUT2D eigenvalue weighted by Crippen LogP contribution is 2.22. The van der Waals surface area contributed by atoms with Gasteiger partial charge < -0.3 is 0 Å². The average Bonchev–Trinajstić information content (AvgIpc) is 2.25. The molecule has 2 rings (SSSR count). The van der Waals surface area contributed by atoms with Crippen LogP contribution in [0.3, 0.4) is 0 Å². The molecular weight excluding hydrogens is 206 g/mol. The molecule has 0 aromatic heterocycles. The molecule has 0 saturated heterocycles. The van der Waals surface area contributed by atoms with E-state index in [4.69, 9.17) is 0 Å². The predicted molar refractivity (Wildman–Crippen MR) is 63.6 cm³/mol. The van der Waals surface area contributed by atoms with E-state index >= 15 is 0 Å². The van der Waals surface area contributed by atoms with Crippen molar-refractivity contribution in [3.05, 3.63) is 54.1 Å². The third-order valence-electron chi connectivity index (χ3n) is 2.38. The quantitative estimate of drug-likeness (QED) is 0.695. The SMILES string of the molecule is CC(F)(F)/C=C/c1cccc2ccccc12. The van der Waals surface area contributed by atoms with Crippen LogP contribution in [0.5, 0.6) is 0 Å². The van der Waals surface area contributed by atoms with Crippen LogP contribution in [0.1, 0.15) is 12.5 Å². The van der Waals surface area contributed by atoms with Crippen molar-refractivity contribution in [1.82, 2.24) is 0 Å².